The molecule has 0 aromatic heterocycles. The minimum Gasteiger partial charge on any atom is -0.465 e. The van der Waals surface area contributed by atoms with E-state index in [0.29, 0.717) is 30.0 Å². The van der Waals surface area contributed by atoms with E-state index in [1.54, 1.807) is 36.4 Å². The van der Waals surface area contributed by atoms with Gasteiger partial charge in [0.25, 0.3) is 5.91 Å². The van der Waals surface area contributed by atoms with E-state index in [2.05, 4.69) is 13.2 Å². The van der Waals surface area contributed by atoms with Crippen LogP contribution in [-0.4, -0.2) is 71.8 Å². The van der Waals surface area contributed by atoms with Gasteiger partial charge in [0.05, 0.1) is 41.9 Å². The van der Waals surface area contributed by atoms with E-state index in [1.807, 2.05) is 0 Å². The van der Waals surface area contributed by atoms with E-state index >= 15 is 0 Å². The lowest BCUT2D eigenvalue weighted by Crippen LogP contribution is -2.57. The van der Waals surface area contributed by atoms with Gasteiger partial charge in [-0.1, -0.05) is 35.9 Å². The van der Waals surface area contributed by atoms with E-state index in [4.69, 9.17) is 21.1 Å². The van der Waals surface area contributed by atoms with Gasteiger partial charge in [0.2, 0.25) is 5.91 Å². The van der Waals surface area contributed by atoms with Gasteiger partial charge >= 0.3 is 5.97 Å². The summed E-state index contributed by atoms with van der Waals surface area (Å²) in [6, 6.07) is 5.92. The monoisotopic (exact) mass is 488 g/mol. The predicted molar refractivity (Wildman–Crippen MR) is 126 cm³/mol. The quantitative estimate of drug-likeness (QED) is 0.308. The fourth-order valence-corrected chi connectivity index (χ4v) is 5.88. The summed E-state index contributed by atoms with van der Waals surface area (Å²) in [6.45, 7) is 7.33. The number of ether oxygens (including phenoxy) is 2. The summed E-state index contributed by atoms with van der Waals surface area (Å²) in [5, 5.41) is 10.1. The standard InChI is InChI=1S/C25H29ClN2O6/c1-3-5-15-33-24(32)19-18-10-11-25(34-18)20(19)22(30)28(13-14-29)21(25)23(31)27(12-4-2)17-9-7-6-8-16(17)26/h3-4,6-9,18-21,29H,1-2,5,10-15H2/t18-,19+,20-,21?,25?/m0/s1. The second-order valence-corrected chi connectivity index (χ2v) is 9.15. The van der Waals surface area contributed by atoms with Crippen molar-refractivity contribution in [3.8, 4) is 0 Å². The topological polar surface area (TPSA) is 96.4 Å². The first-order chi connectivity index (χ1) is 16.4. The number of fused-ring (bicyclic) bond motifs is 1. The van der Waals surface area contributed by atoms with Gasteiger partial charge in [0.1, 0.15) is 11.6 Å². The summed E-state index contributed by atoms with van der Waals surface area (Å²) < 4.78 is 11.7. The molecule has 2 unspecified atom stereocenters. The highest BCUT2D eigenvalue weighted by molar-refractivity contribution is 6.34. The van der Waals surface area contributed by atoms with Crippen molar-refractivity contribution >= 4 is 35.1 Å². The SMILES string of the molecule is C=CCCOC(=O)[C@@H]1[C@@H]2CCC3(O2)C(C(=O)N(CC=C)c2ccccc2Cl)N(CCO)C(=O)[C@H]13. The van der Waals surface area contributed by atoms with Crippen molar-refractivity contribution in [1.82, 2.24) is 4.90 Å². The number of carbonyl (C=O) groups excluding carboxylic acids is 3. The Bertz CT molecular complexity index is 999. The first-order valence-corrected chi connectivity index (χ1v) is 11.8. The number of likely N-dealkylation sites (tertiary alicyclic amines) is 1. The second kappa shape index (κ2) is 9.90. The summed E-state index contributed by atoms with van der Waals surface area (Å²) in [5.41, 5.74) is -0.685. The van der Waals surface area contributed by atoms with E-state index in [1.165, 1.54) is 9.80 Å². The number of amides is 2. The van der Waals surface area contributed by atoms with Crippen molar-refractivity contribution in [2.75, 3.05) is 31.2 Å². The molecule has 3 aliphatic heterocycles. The van der Waals surface area contributed by atoms with Crippen LogP contribution in [0.25, 0.3) is 0 Å². The lowest BCUT2D eigenvalue weighted by Gasteiger charge is -2.36. The predicted octanol–water partition coefficient (Wildman–Crippen LogP) is 2.35. The van der Waals surface area contributed by atoms with Crippen LogP contribution in [0.5, 0.6) is 0 Å². The maximum absolute atomic E-state index is 14.1. The second-order valence-electron chi connectivity index (χ2n) is 8.74. The Labute approximate surface area is 203 Å². The molecule has 0 aliphatic carbocycles. The van der Waals surface area contributed by atoms with Crippen LogP contribution in [0.3, 0.4) is 0 Å². The summed E-state index contributed by atoms with van der Waals surface area (Å²) in [6.07, 6.45) is 4.22. The maximum Gasteiger partial charge on any atom is 0.312 e. The molecular formula is C25H29ClN2O6. The van der Waals surface area contributed by atoms with Crippen molar-refractivity contribution in [3.63, 3.8) is 0 Å². The minimum absolute atomic E-state index is 0.0514. The molecule has 1 N–H and O–H groups in total. The zero-order valence-electron chi connectivity index (χ0n) is 18.9. The summed E-state index contributed by atoms with van der Waals surface area (Å²) in [4.78, 5) is 43.4. The normalized spacial score (nSPS) is 29.1. The fourth-order valence-electron chi connectivity index (χ4n) is 5.64. The number of anilines is 1. The molecule has 2 bridgehead atoms. The number of para-hydroxylation sites is 1. The van der Waals surface area contributed by atoms with E-state index in [0.717, 1.165) is 0 Å². The minimum atomic E-state index is -1.17. The zero-order valence-corrected chi connectivity index (χ0v) is 19.7. The third-order valence-corrected chi connectivity index (χ3v) is 7.25. The van der Waals surface area contributed by atoms with Crippen molar-refractivity contribution in [3.05, 3.63) is 54.6 Å². The Morgan fingerprint density at radius 1 is 1.32 bits per heavy atom. The molecule has 3 heterocycles. The molecule has 8 nitrogen and oxygen atoms in total. The molecule has 3 saturated heterocycles. The average molecular weight is 489 g/mol. The third kappa shape index (κ3) is 3.83. The Balaban J connectivity index is 1.72. The largest absolute Gasteiger partial charge is 0.465 e. The van der Waals surface area contributed by atoms with Crippen molar-refractivity contribution < 1.29 is 29.0 Å². The van der Waals surface area contributed by atoms with Crippen LogP contribution in [0.15, 0.2) is 49.6 Å². The molecule has 9 heteroatoms. The molecule has 0 saturated carbocycles. The Hall–Kier alpha value is -2.68. The Morgan fingerprint density at radius 2 is 2.09 bits per heavy atom. The van der Waals surface area contributed by atoms with Crippen LogP contribution in [0.4, 0.5) is 5.69 Å². The van der Waals surface area contributed by atoms with Crippen molar-refractivity contribution in [2.24, 2.45) is 11.8 Å². The molecule has 1 aromatic carbocycles. The van der Waals surface area contributed by atoms with Crippen LogP contribution in [0, 0.1) is 11.8 Å². The number of carbonyl (C=O) groups is 3. The molecule has 0 radical (unpaired) electrons. The van der Waals surface area contributed by atoms with Gasteiger partial charge < -0.3 is 24.4 Å². The highest BCUT2D eigenvalue weighted by Crippen LogP contribution is 2.58. The Kier molecular flexibility index (Phi) is 7.12. The lowest BCUT2D eigenvalue weighted by atomic mass is 9.70. The molecule has 3 aliphatic rings. The average Bonchev–Trinajstić information content (AvgIpc) is 3.46. The van der Waals surface area contributed by atoms with Gasteiger partial charge in [-0.3, -0.25) is 14.4 Å². The highest BCUT2D eigenvalue weighted by atomic mass is 35.5. The number of hydrogen-bond acceptors (Lipinski definition) is 6. The molecule has 4 rings (SSSR count). The summed E-state index contributed by atoms with van der Waals surface area (Å²) in [5.74, 6) is -2.91. The molecule has 2 amide bonds. The van der Waals surface area contributed by atoms with E-state index < -0.39 is 41.5 Å². The smallest absolute Gasteiger partial charge is 0.312 e. The highest BCUT2D eigenvalue weighted by Gasteiger charge is 2.75. The molecular weight excluding hydrogens is 460 g/mol. The van der Waals surface area contributed by atoms with Crippen molar-refractivity contribution in [1.29, 1.82) is 0 Å². The summed E-state index contributed by atoms with van der Waals surface area (Å²) in [7, 11) is 0. The van der Waals surface area contributed by atoms with Crippen molar-refractivity contribution in [2.45, 2.75) is 37.0 Å². The first-order valence-electron chi connectivity index (χ1n) is 11.4. The van der Waals surface area contributed by atoms with Gasteiger partial charge in [0, 0.05) is 13.1 Å². The molecule has 1 spiro atoms. The van der Waals surface area contributed by atoms with Crippen LogP contribution >= 0.6 is 11.6 Å². The third-order valence-electron chi connectivity index (χ3n) is 6.93. The zero-order chi connectivity index (χ0) is 24.5. The molecule has 182 valence electrons. The lowest BCUT2D eigenvalue weighted by molar-refractivity contribution is -0.155. The van der Waals surface area contributed by atoms with E-state index in [9.17, 15) is 19.5 Å². The molecule has 3 fully saturated rings. The fraction of sp³-hybridized carbons (Fsp3) is 0.480. The maximum atomic E-state index is 14.1. The number of aliphatic hydroxyl groups excluding tert-OH is 1. The number of benzene rings is 1. The van der Waals surface area contributed by atoms with Gasteiger partial charge in [-0.05, 0) is 31.4 Å². The number of hydrogen-bond donors (Lipinski definition) is 1. The number of β-amino-alcohol motifs (C(OH)–C–C–N with tert-alkyl or cyclic N) is 1. The molecule has 34 heavy (non-hydrogen) atoms. The van der Waals surface area contributed by atoms with Crippen LogP contribution < -0.4 is 4.90 Å². The van der Waals surface area contributed by atoms with Crippen LogP contribution in [0.2, 0.25) is 5.02 Å². The van der Waals surface area contributed by atoms with Gasteiger partial charge in [-0.15, -0.1) is 13.2 Å². The van der Waals surface area contributed by atoms with Gasteiger partial charge in [-0.25, -0.2) is 0 Å². The summed E-state index contributed by atoms with van der Waals surface area (Å²) >= 11 is 6.40. The van der Waals surface area contributed by atoms with Gasteiger partial charge in [0.15, 0.2) is 0 Å². The van der Waals surface area contributed by atoms with Crippen LogP contribution in [-0.2, 0) is 23.9 Å². The molecule has 1 aromatic rings. The number of aliphatic hydroxyl groups is 1. The number of rotatable bonds is 10. The van der Waals surface area contributed by atoms with Crippen LogP contribution in [0.1, 0.15) is 19.3 Å². The van der Waals surface area contributed by atoms with Gasteiger partial charge in [-0.2, -0.15) is 0 Å². The van der Waals surface area contributed by atoms with E-state index in [-0.39, 0.29) is 32.2 Å². The Morgan fingerprint density at radius 3 is 2.76 bits per heavy atom. The first kappa shape index (κ1) is 24.4. The molecule has 5 atom stereocenters. The number of nitrogens with zero attached hydrogens (tertiary/aromatic N) is 2. The number of halogens is 1. The number of esters is 1.